The van der Waals surface area contributed by atoms with Crippen molar-refractivity contribution in [3.8, 4) is 0 Å². The lowest BCUT2D eigenvalue weighted by atomic mass is 9.98. The number of hydrogen-bond donors (Lipinski definition) is 1. The van der Waals surface area contributed by atoms with Crippen LogP contribution < -0.4 is 5.32 Å². The van der Waals surface area contributed by atoms with E-state index in [1.54, 1.807) is 11.3 Å². The van der Waals surface area contributed by atoms with E-state index in [0.717, 1.165) is 36.6 Å². The van der Waals surface area contributed by atoms with Gasteiger partial charge >= 0.3 is 0 Å². The Morgan fingerprint density at radius 1 is 1.38 bits per heavy atom. The molecule has 5 nitrogen and oxygen atoms in total. The Labute approximate surface area is 128 Å². The first-order valence-corrected chi connectivity index (χ1v) is 8.38. The number of nitrogens with zero attached hydrogens (tertiary/aromatic N) is 2. The predicted molar refractivity (Wildman–Crippen MR) is 81.3 cm³/mol. The van der Waals surface area contributed by atoms with Crippen LogP contribution in [0.2, 0.25) is 0 Å². The van der Waals surface area contributed by atoms with Crippen molar-refractivity contribution in [2.75, 3.05) is 13.1 Å². The molecule has 0 spiro atoms. The highest BCUT2D eigenvalue weighted by atomic mass is 32.1. The van der Waals surface area contributed by atoms with Crippen molar-refractivity contribution in [1.29, 1.82) is 0 Å². The molecule has 2 saturated heterocycles. The number of likely N-dealkylation sites (tertiary alicyclic amines) is 1. The maximum absolute atomic E-state index is 12.5. The van der Waals surface area contributed by atoms with Crippen LogP contribution in [0.15, 0.2) is 0 Å². The summed E-state index contributed by atoms with van der Waals surface area (Å²) in [4.78, 5) is 31.6. The number of carbonyl (C=O) groups excluding carboxylic acids is 2. The highest BCUT2D eigenvalue weighted by Gasteiger charge is 2.34. The molecule has 0 bridgehead atoms. The Balaban J connectivity index is 1.68. The fourth-order valence-corrected chi connectivity index (χ4v) is 4.12. The Kier molecular flexibility index (Phi) is 3.97. The molecule has 0 radical (unpaired) electrons. The van der Waals surface area contributed by atoms with Crippen LogP contribution in [0.25, 0.3) is 0 Å². The highest BCUT2D eigenvalue weighted by molar-refractivity contribution is 7.11. The molecular formula is C15H21N3O2S. The van der Waals surface area contributed by atoms with Crippen LogP contribution in [0, 0.1) is 13.8 Å². The van der Waals surface area contributed by atoms with Gasteiger partial charge in [-0.25, -0.2) is 4.98 Å². The summed E-state index contributed by atoms with van der Waals surface area (Å²) in [5, 5.41) is 3.93. The average molecular weight is 307 g/mol. The average Bonchev–Trinajstić information content (AvgIpc) is 3.05. The summed E-state index contributed by atoms with van der Waals surface area (Å²) in [6, 6.07) is -0.309. The normalized spacial score (nSPS) is 26.0. The van der Waals surface area contributed by atoms with Gasteiger partial charge in [0.1, 0.15) is 6.04 Å². The van der Waals surface area contributed by atoms with Gasteiger partial charge in [-0.05, 0) is 33.1 Å². The zero-order valence-corrected chi connectivity index (χ0v) is 13.3. The molecule has 0 aliphatic carbocycles. The van der Waals surface area contributed by atoms with Crippen LogP contribution in [-0.4, -0.2) is 40.8 Å². The van der Waals surface area contributed by atoms with Crippen LogP contribution in [0.3, 0.4) is 0 Å². The number of hydrogen-bond acceptors (Lipinski definition) is 4. The van der Waals surface area contributed by atoms with Gasteiger partial charge in [-0.2, -0.15) is 0 Å². The van der Waals surface area contributed by atoms with E-state index in [4.69, 9.17) is 0 Å². The monoisotopic (exact) mass is 307 g/mol. The molecule has 114 valence electrons. The van der Waals surface area contributed by atoms with E-state index in [2.05, 4.69) is 17.2 Å². The third kappa shape index (κ3) is 2.95. The molecule has 0 aromatic carbocycles. The summed E-state index contributed by atoms with van der Waals surface area (Å²) in [6.45, 7) is 5.66. The zero-order chi connectivity index (χ0) is 15.0. The zero-order valence-electron chi connectivity index (χ0n) is 12.5. The maximum Gasteiger partial charge on any atom is 0.245 e. The standard InChI is InChI=1S/C15H21N3O2S/c1-9-10(2)21-14(16-9)11-4-3-7-18(8-11)15(20)12-5-6-13(19)17-12/h11-12H,3-8H2,1-2H3,(H,17,19)/t11-,12+/m0/s1. The van der Waals surface area contributed by atoms with Gasteiger partial charge in [-0.15, -0.1) is 11.3 Å². The smallest absolute Gasteiger partial charge is 0.245 e. The number of aromatic nitrogens is 1. The maximum atomic E-state index is 12.5. The third-order valence-electron chi connectivity index (χ3n) is 4.42. The van der Waals surface area contributed by atoms with Crippen molar-refractivity contribution in [3.05, 3.63) is 15.6 Å². The molecule has 2 aliphatic rings. The summed E-state index contributed by atoms with van der Waals surface area (Å²) >= 11 is 1.75. The van der Waals surface area contributed by atoms with Crippen molar-refractivity contribution >= 4 is 23.2 Å². The lowest BCUT2D eigenvalue weighted by Gasteiger charge is -2.33. The minimum Gasteiger partial charge on any atom is -0.344 e. The number of rotatable bonds is 2. The fraction of sp³-hybridized carbons (Fsp3) is 0.667. The number of nitrogens with one attached hydrogen (secondary N) is 1. The SMILES string of the molecule is Cc1nc([C@H]2CCCN(C(=O)[C@H]3CCC(=O)N3)C2)sc1C. The van der Waals surface area contributed by atoms with Crippen molar-refractivity contribution in [1.82, 2.24) is 15.2 Å². The molecule has 6 heteroatoms. The Hall–Kier alpha value is -1.43. The lowest BCUT2D eigenvalue weighted by molar-refractivity contribution is -0.135. The molecule has 0 unspecified atom stereocenters. The summed E-state index contributed by atoms with van der Waals surface area (Å²) in [6.07, 6.45) is 3.20. The summed E-state index contributed by atoms with van der Waals surface area (Å²) in [7, 11) is 0. The van der Waals surface area contributed by atoms with E-state index in [-0.39, 0.29) is 17.9 Å². The van der Waals surface area contributed by atoms with E-state index in [1.807, 2.05) is 11.8 Å². The van der Waals surface area contributed by atoms with Crippen LogP contribution in [0.1, 0.15) is 47.2 Å². The van der Waals surface area contributed by atoms with Gasteiger partial charge in [0.2, 0.25) is 11.8 Å². The number of carbonyl (C=O) groups is 2. The second-order valence-corrected chi connectivity index (χ2v) is 7.21. The van der Waals surface area contributed by atoms with Gasteiger partial charge in [0.05, 0.1) is 10.7 Å². The van der Waals surface area contributed by atoms with Crippen molar-refractivity contribution in [2.45, 2.75) is 51.5 Å². The molecule has 1 aromatic rings. The molecule has 3 rings (SSSR count). The van der Waals surface area contributed by atoms with Crippen molar-refractivity contribution in [2.24, 2.45) is 0 Å². The van der Waals surface area contributed by atoms with Gasteiger partial charge in [-0.1, -0.05) is 0 Å². The number of amides is 2. The van der Waals surface area contributed by atoms with Crippen molar-refractivity contribution < 1.29 is 9.59 Å². The quantitative estimate of drug-likeness (QED) is 0.905. The third-order valence-corrected chi connectivity index (χ3v) is 5.66. The molecule has 2 amide bonds. The highest BCUT2D eigenvalue weighted by Crippen LogP contribution is 2.31. The second kappa shape index (κ2) is 5.75. The van der Waals surface area contributed by atoms with Gasteiger partial charge in [0, 0.05) is 30.3 Å². The topological polar surface area (TPSA) is 62.3 Å². The Morgan fingerprint density at radius 2 is 2.19 bits per heavy atom. The molecule has 0 saturated carbocycles. The van der Waals surface area contributed by atoms with E-state index < -0.39 is 0 Å². The van der Waals surface area contributed by atoms with Crippen LogP contribution >= 0.6 is 11.3 Å². The molecule has 21 heavy (non-hydrogen) atoms. The first-order chi connectivity index (χ1) is 10.0. The summed E-state index contributed by atoms with van der Waals surface area (Å²) < 4.78 is 0. The van der Waals surface area contributed by atoms with Crippen LogP contribution in [0.5, 0.6) is 0 Å². The van der Waals surface area contributed by atoms with E-state index in [1.165, 1.54) is 4.88 Å². The van der Waals surface area contributed by atoms with Crippen LogP contribution in [-0.2, 0) is 9.59 Å². The first kappa shape index (κ1) is 14.5. The largest absolute Gasteiger partial charge is 0.344 e. The molecule has 2 aliphatic heterocycles. The Bertz CT molecular complexity index is 550. The van der Waals surface area contributed by atoms with Gasteiger partial charge in [0.15, 0.2) is 0 Å². The summed E-state index contributed by atoms with van der Waals surface area (Å²) in [5.41, 5.74) is 1.10. The molecule has 2 fully saturated rings. The molecule has 1 N–H and O–H groups in total. The molecule has 1 aromatic heterocycles. The van der Waals surface area contributed by atoms with E-state index >= 15 is 0 Å². The predicted octanol–water partition coefficient (Wildman–Crippen LogP) is 1.74. The Morgan fingerprint density at radius 3 is 2.81 bits per heavy atom. The number of piperidine rings is 1. The molecule has 3 heterocycles. The summed E-state index contributed by atoms with van der Waals surface area (Å²) in [5.74, 6) is 0.417. The van der Waals surface area contributed by atoms with Gasteiger partial charge in [0.25, 0.3) is 0 Å². The van der Waals surface area contributed by atoms with E-state index in [9.17, 15) is 9.59 Å². The van der Waals surface area contributed by atoms with Crippen LogP contribution in [0.4, 0.5) is 0 Å². The number of aryl methyl sites for hydroxylation is 2. The van der Waals surface area contributed by atoms with Gasteiger partial charge in [-0.3, -0.25) is 9.59 Å². The van der Waals surface area contributed by atoms with E-state index in [0.29, 0.717) is 18.8 Å². The lowest BCUT2D eigenvalue weighted by Crippen LogP contribution is -2.48. The minimum atomic E-state index is -0.309. The van der Waals surface area contributed by atoms with Gasteiger partial charge < -0.3 is 10.2 Å². The number of thiazole rings is 1. The fourth-order valence-electron chi connectivity index (χ4n) is 3.07. The first-order valence-electron chi connectivity index (χ1n) is 7.56. The minimum absolute atomic E-state index is 0.00641. The molecular weight excluding hydrogens is 286 g/mol. The van der Waals surface area contributed by atoms with Crippen molar-refractivity contribution in [3.63, 3.8) is 0 Å². The molecule has 2 atom stereocenters. The second-order valence-electron chi connectivity index (χ2n) is 5.98.